The third-order valence-corrected chi connectivity index (χ3v) is 4.97. The highest BCUT2D eigenvalue weighted by Crippen LogP contribution is 2.28. The Balaban J connectivity index is 2.00. The summed E-state index contributed by atoms with van der Waals surface area (Å²) in [6.07, 6.45) is 0.0647. The van der Waals surface area contributed by atoms with Crippen molar-refractivity contribution in [2.24, 2.45) is 5.92 Å². The van der Waals surface area contributed by atoms with Crippen molar-refractivity contribution in [2.75, 3.05) is 6.54 Å². The van der Waals surface area contributed by atoms with Gasteiger partial charge in [-0.15, -0.1) is 0 Å². The molecule has 0 aliphatic carbocycles. The number of hydrogen-bond acceptors (Lipinski definition) is 6. The number of rotatable bonds is 8. The van der Waals surface area contributed by atoms with E-state index in [0.29, 0.717) is 27.7 Å². The molecule has 2 amide bonds. The first-order chi connectivity index (χ1) is 14.0. The summed E-state index contributed by atoms with van der Waals surface area (Å²) in [5.41, 5.74) is 1.19. The van der Waals surface area contributed by atoms with Crippen molar-refractivity contribution in [1.29, 1.82) is 0 Å². The smallest absolute Gasteiger partial charge is 0.339 e. The molecule has 2 rings (SSSR count). The minimum Gasteiger partial charge on any atom is -0.508 e. The molecule has 0 bridgehead atoms. The van der Waals surface area contributed by atoms with E-state index in [-0.39, 0.29) is 31.1 Å². The van der Waals surface area contributed by atoms with Crippen LogP contribution in [-0.4, -0.2) is 40.6 Å². The molecule has 0 aliphatic heterocycles. The zero-order valence-electron chi connectivity index (χ0n) is 17.4. The third kappa shape index (κ3) is 5.16. The van der Waals surface area contributed by atoms with Crippen LogP contribution in [-0.2, 0) is 20.8 Å². The highest BCUT2D eigenvalue weighted by Gasteiger charge is 2.23. The number of phenolic OH excluding ortho intramolecular Hbond substituents is 1. The zero-order chi connectivity index (χ0) is 22.6. The molecule has 0 radical (unpaired) electrons. The summed E-state index contributed by atoms with van der Waals surface area (Å²) in [7, 11) is 0. The second-order valence-corrected chi connectivity index (χ2v) is 7.48. The predicted molar refractivity (Wildman–Crippen MR) is 109 cm³/mol. The molecule has 1 atom stereocenters. The van der Waals surface area contributed by atoms with Crippen LogP contribution in [0.5, 0.6) is 5.75 Å². The summed E-state index contributed by atoms with van der Waals surface area (Å²) in [5.74, 6) is -2.49. The molecule has 30 heavy (non-hydrogen) atoms. The molecule has 9 heteroatoms. The fourth-order valence-corrected chi connectivity index (χ4v) is 3.11. The third-order valence-electron chi connectivity index (χ3n) is 4.97. The summed E-state index contributed by atoms with van der Waals surface area (Å²) in [5, 5.41) is 24.3. The Morgan fingerprint density at radius 2 is 1.77 bits per heavy atom. The maximum Gasteiger partial charge on any atom is 0.339 e. The van der Waals surface area contributed by atoms with Gasteiger partial charge in [0.1, 0.15) is 17.4 Å². The highest BCUT2D eigenvalue weighted by atomic mass is 16.4. The van der Waals surface area contributed by atoms with Gasteiger partial charge in [-0.25, -0.2) is 9.59 Å². The lowest BCUT2D eigenvalue weighted by molar-refractivity contribution is -0.143. The van der Waals surface area contributed by atoms with Gasteiger partial charge in [-0.3, -0.25) is 9.59 Å². The monoisotopic (exact) mass is 418 g/mol. The second-order valence-electron chi connectivity index (χ2n) is 7.48. The number of fused-ring (bicyclic) bond motifs is 1. The first-order valence-electron chi connectivity index (χ1n) is 9.56. The van der Waals surface area contributed by atoms with Gasteiger partial charge in [0, 0.05) is 22.9 Å². The molecule has 1 aromatic carbocycles. The fraction of sp³-hybridized carbons (Fsp3) is 0.429. The van der Waals surface area contributed by atoms with E-state index in [4.69, 9.17) is 9.52 Å². The van der Waals surface area contributed by atoms with E-state index in [2.05, 4.69) is 10.6 Å². The van der Waals surface area contributed by atoms with Crippen molar-refractivity contribution in [2.45, 2.75) is 46.6 Å². The minimum atomic E-state index is -1.15. The molecule has 0 saturated heterocycles. The van der Waals surface area contributed by atoms with Crippen LogP contribution in [0.4, 0.5) is 0 Å². The van der Waals surface area contributed by atoms with Gasteiger partial charge in [0.2, 0.25) is 11.8 Å². The molecule has 0 spiro atoms. The van der Waals surface area contributed by atoms with Crippen LogP contribution >= 0.6 is 0 Å². The van der Waals surface area contributed by atoms with Crippen molar-refractivity contribution in [3.8, 4) is 5.75 Å². The number of carbonyl (C=O) groups excluding carboxylic acids is 2. The summed E-state index contributed by atoms with van der Waals surface area (Å²) >= 11 is 0. The molecule has 0 saturated carbocycles. The van der Waals surface area contributed by atoms with Crippen LogP contribution in [0.15, 0.2) is 21.3 Å². The Bertz CT molecular complexity index is 1040. The molecular formula is C21H26N2O7. The van der Waals surface area contributed by atoms with Crippen molar-refractivity contribution in [1.82, 2.24) is 10.6 Å². The zero-order valence-corrected chi connectivity index (χ0v) is 17.4. The number of benzene rings is 1. The van der Waals surface area contributed by atoms with Crippen molar-refractivity contribution >= 4 is 28.8 Å². The predicted octanol–water partition coefficient (Wildman–Crippen LogP) is 1.39. The number of phenols is 1. The maximum absolute atomic E-state index is 12.3. The van der Waals surface area contributed by atoms with E-state index in [9.17, 15) is 24.3 Å². The average Bonchev–Trinajstić information content (AvgIpc) is 2.67. The first kappa shape index (κ1) is 22.9. The summed E-state index contributed by atoms with van der Waals surface area (Å²) in [4.78, 5) is 47.4. The second kappa shape index (κ2) is 9.43. The molecular weight excluding hydrogens is 392 g/mol. The van der Waals surface area contributed by atoms with Crippen molar-refractivity contribution in [3.63, 3.8) is 0 Å². The SMILES string of the molecule is Cc1c(CCC(=O)NCC(=O)N[C@H](C(=O)O)C(C)C)c(=O)oc2c(C)c(O)ccc12. The lowest BCUT2D eigenvalue weighted by Crippen LogP contribution is -2.48. The number of nitrogens with one attached hydrogen (secondary N) is 2. The van der Waals surface area contributed by atoms with Crippen LogP contribution in [0.25, 0.3) is 11.0 Å². The van der Waals surface area contributed by atoms with Gasteiger partial charge >= 0.3 is 11.6 Å². The molecule has 4 N–H and O–H groups in total. The van der Waals surface area contributed by atoms with Gasteiger partial charge in [0.15, 0.2) is 0 Å². The van der Waals surface area contributed by atoms with Gasteiger partial charge in [-0.2, -0.15) is 0 Å². The number of aliphatic carboxylic acids is 1. The van der Waals surface area contributed by atoms with Crippen LogP contribution in [0.2, 0.25) is 0 Å². The van der Waals surface area contributed by atoms with Crippen LogP contribution in [0.3, 0.4) is 0 Å². The molecule has 0 fully saturated rings. The summed E-state index contributed by atoms with van der Waals surface area (Å²) in [6, 6.07) is 2.13. The Kier molecular flexibility index (Phi) is 7.20. The molecule has 0 unspecified atom stereocenters. The van der Waals surface area contributed by atoms with E-state index < -0.39 is 29.5 Å². The summed E-state index contributed by atoms with van der Waals surface area (Å²) in [6.45, 7) is 6.36. The lowest BCUT2D eigenvalue weighted by atomic mass is 10.0. The fourth-order valence-electron chi connectivity index (χ4n) is 3.11. The number of hydrogen-bond donors (Lipinski definition) is 4. The number of aryl methyl sites for hydroxylation is 2. The number of aromatic hydroxyl groups is 1. The molecule has 1 heterocycles. The Labute approximate surface area is 173 Å². The molecule has 9 nitrogen and oxygen atoms in total. The largest absolute Gasteiger partial charge is 0.508 e. The van der Waals surface area contributed by atoms with Crippen LogP contribution in [0.1, 0.15) is 37.0 Å². The van der Waals surface area contributed by atoms with E-state index in [1.165, 1.54) is 6.07 Å². The van der Waals surface area contributed by atoms with Gasteiger partial charge < -0.3 is 25.3 Å². The number of carboxylic acids is 1. The molecule has 0 aliphatic rings. The van der Waals surface area contributed by atoms with Gasteiger partial charge in [-0.05, 0) is 43.9 Å². The van der Waals surface area contributed by atoms with E-state index >= 15 is 0 Å². The van der Waals surface area contributed by atoms with E-state index in [1.807, 2.05) is 0 Å². The van der Waals surface area contributed by atoms with Gasteiger partial charge in [0.05, 0.1) is 6.54 Å². The molecule has 162 valence electrons. The van der Waals surface area contributed by atoms with Crippen LogP contribution < -0.4 is 16.3 Å². The standard InChI is InChI=1S/C21H26N2O7/c1-10(2)18(20(27)28)23-17(26)9-22-16(25)8-6-14-11(3)13-5-7-15(24)12(4)19(13)30-21(14)29/h5,7,10,18,24H,6,8-9H2,1-4H3,(H,22,25)(H,23,26)(H,27,28)/t18-/m0/s1. The normalized spacial score (nSPS) is 12.0. The Hall–Kier alpha value is -3.36. The number of carboxylic acid groups (broad SMARTS) is 1. The number of amides is 2. The van der Waals surface area contributed by atoms with E-state index in [0.717, 1.165) is 0 Å². The Morgan fingerprint density at radius 1 is 1.10 bits per heavy atom. The summed E-state index contributed by atoms with van der Waals surface area (Å²) < 4.78 is 5.34. The topological polar surface area (TPSA) is 146 Å². The average molecular weight is 418 g/mol. The first-order valence-corrected chi connectivity index (χ1v) is 9.56. The number of carbonyl (C=O) groups is 3. The molecule has 2 aromatic rings. The lowest BCUT2D eigenvalue weighted by Gasteiger charge is -2.18. The van der Waals surface area contributed by atoms with Crippen LogP contribution in [0, 0.1) is 19.8 Å². The quantitative estimate of drug-likeness (QED) is 0.474. The maximum atomic E-state index is 12.3. The molecule has 1 aromatic heterocycles. The van der Waals surface area contributed by atoms with Gasteiger partial charge in [0.25, 0.3) is 0 Å². The van der Waals surface area contributed by atoms with E-state index in [1.54, 1.807) is 33.8 Å². The van der Waals surface area contributed by atoms with Crippen molar-refractivity contribution < 1.29 is 29.0 Å². The minimum absolute atomic E-state index is 0.0260. The van der Waals surface area contributed by atoms with Gasteiger partial charge in [-0.1, -0.05) is 13.8 Å². The highest BCUT2D eigenvalue weighted by molar-refractivity contribution is 5.88. The van der Waals surface area contributed by atoms with Crippen molar-refractivity contribution in [3.05, 3.63) is 39.2 Å². The Morgan fingerprint density at radius 3 is 2.37 bits per heavy atom.